The third-order valence-corrected chi connectivity index (χ3v) is 4.06. The van der Waals surface area contributed by atoms with Gasteiger partial charge in [-0.25, -0.2) is 4.98 Å². The van der Waals surface area contributed by atoms with Gasteiger partial charge in [-0.1, -0.05) is 46.3 Å². The zero-order valence-corrected chi connectivity index (χ0v) is 12.7. The molecular formula is C17H14BrNO. The van der Waals surface area contributed by atoms with Crippen molar-refractivity contribution >= 4 is 26.8 Å². The van der Waals surface area contributed by atoms with Crippen LogP contribution in [0.15, 0.2) is 59.1 Å². The summed E-state index contributed by atoms with van der Waals surface area (Å²) in [6, 6.07) is 18.3. The Labute approximate surface area is 126 Å². The minimum atomic E-state index is 0.661. The fourth-order valence-corrected chi connectivity index (χ4v) is 2.51. The van der Waals surface area contributed by atoms with Crippen molar-refractivity contribution in [2.45, 2.75) is 6.42 Å². The molecular weight excluding hydrogens is 314 g/mol. The Morgan fingerprint density at radius 3 is 2.45 bits per heavy atom. The number of methoxy groups -OCH3 is 1. The molecule has 0 atom stereocenters. The normalized spacial score (nSPS) is 11.3. The predicted octanol–water partition coefficient (Wildman–Crippen LogP) is 4.60. The Morgan fingerprint density at radius 1 is 1.05 bits per heavy atom. The molecule has 3 aromatic rings. The van der Waals surface area contributed by atoms with Crippen molar-refractivity contribution in [2.75, 3.05) is 7.11 Å². The predicted molar refractivity (Wildman–Crippen MR) is 85.2 cm³/mol. The van der Waals surface area contributed by atoms with Crippen molar-refractivity contribution in [1.29, 1.82) is 0 Å². The Morgan fingerprint density at radius 2 is 1.85 bits per heavy atom. The molecule has 2 aliphatic rings. The number of benzene rings is 2. The number of hydrogen-bond acceptors (Lipinski definition) is 2. The van der Waals surface area contributed by atoms with Gasteiger partial charge in [0.25, 0.3) is 0 Å². The molecule has 0 unspecified atom stereocenters. The molecule has 3 heteroatoms. The molecule has 0 spiro atoms. The summed E-state index contributed by atoms with van der Waals surface area (Å²) in [4.78, 5) is 4.27. The number of pyridine rings is 1. The smallest absolute Gasteiger partial charge is 0.213 e. The second kappa shape index (κ2) is 5.63. The fourth-order valence-electron chi connectivity index (χ4n) is 2.12. The monoisotopic (exact) mass is 327 g/mol. The van der Waals surface area contributed by atoms with Crippen LogP contribution in [0.5, 0.6) is 5.88 Å². The van der Waals surface area contributed by atoms with Crippen molar-refractivity contribution in [3.8, 4) is 5.88 Å². The number of para-hydroxylation sites is 1. The van der Waals surface area contributed by atoms with Gasteiger partial charge < -0.3 is 4.74 Å². The Balaban J connectivity index is 0.000000131. The third-order valence-electron chi connectivity index (χ3n) is 3.29. The van der Waals surface area contributed by atoms with Crippen molar-refractivity contribution in [1.82, 2.24) is 4.98 Å². The number of nitrogens with zero attached hydrogens (tertiary/aromatic N) is 1. The maximum absolute atomic E-state index is 5.01. The highest BCUT2D eigenvalue weighted by molar-refractivity contribution is 9.10. The van der Waals surface area contributed by atoms with E-state index in [0.29, 0.717) is 5.88 Å². The summed E-state index contributed by atoms with van der Waals surface area (Å²) in [5, 5.41) is 1.14. The minimum Gasteiger partial charge on any atom is -0.481 e. The summed E-state index contributed by atoms with van der Waals surface area (Å²) in [6.07, 6.45) is 1.18. The van der Waals surface area contributed by atoms with Crippen molar-refractivity contribution in [3.63, 3.8) is 0 Å². The molecule has 2 aliphatic carbocycles. The van der Waals surface area contributed by atoms with Crippen LogP contribution in [0.2, 0.25) is 0 Å². The van der Waals surface area contributed by atoms with Gasteiger partial charge in [0.1, 0.15) is 0 Å². The summed E-state index contributed by atoms with van der Waals surface area (Å²) >= 11 is 3.44. The first-order chi connectivity index (χ1) is 9.76. The Kier molecular flexibility index (Phi) is 3.70. The molecule has 0 N–H and O–H groups in total. The van der Waals surface area contributed by atoms with Gasteiger partial charge in [0.05, 0.1) is 12.6 Å². The van der Waals surface area contributed by atoms with E-state index in [4.69, 9.17) is 4.74 Å². The molecule has 2 nitrogen and oxygen atoms in total. The second-order valence-corrected chi connectivity index (χ2v) is 5.50. The van der Waals surface area contributed by atoms with E-state index < -0.39 is 0 Å². The highest BCUT2D eigenvalue weighted by Gasteiger charge is 2.10. The van der Waals surface area contributed by atoms with Crippen LogP contribution in [-0.4, -0.2) is 12.1 Å². The molecule has 2 bridgehead atoms. The molecule has 5 rings (SSSR count). The van der Waals surface area contributed by atoms with Crippen LogP contribution >= 0.6 is 15.9 Å². The van der Waals surface area contributed by atoms with E-state index in [1.165, 1.54) is 22.0 Å². The third kappa shape index (κ3) is 2.68. The first-order valence-corrected chi connectivity index (χ1v) is 7.22. The molecule has 1 heterocycles. The van der Waals surface area contributed by atoms with Gasteiger partial charge in [-0.3, -0.25) is 0 Å². The number of ether oxygens (including phenoxy) is 1. The van der Waals surface area contributed by atoms with Crippen molar-refractivity contribution < 1.29 is 4.74 Å². The van der Waals surface area contributed by atoms with Crippen LogP contribution in [-0.2, 0) is 6.42 Å². The van der Waals surface area contributed by atoms with Gasteiger partial charge in [0.2, 0.25) is 5.88 Å². The minimum absolute atomic E-state index is 0.661. The van der Waals surface area contributed by atoms with Gasteiger partial charge in [0.15, 0.2) is 0 Å². The topological polar surface area (TPSA) is 22.1 Å². The summed E-state index contributed by atoms with van der Waals surface area (Å²) < 4.78 is 6.27. The summed E-state index contributed by atoms with van der Waals surface area (Å²) in [7, 11) is 1.62. The standard InChI is InChI=1S/C10H9NO.C7H5Br/c1-12-10-7-6-8-4-2-3-5-9(8)11-10;8-7-2-1-5-3-6(7)4-5/h2-7H,1H3;1-3H,4H2. The number of rotatable bonds is 1. The number of hydrogen-bond donors (Lipinski definition) is 0. The summed E-state index contributed by atoms with van der Waals surface area (Å²) in [5.41, 5.74) is 3.88. The summed E-state index contributed by atoms with van der Waals surface area (Å²) in [5.74, 6) is 0.661. The Bertz CT molecular complexity index is 746. The van der Waals surface area contributed by atoms with E-state index in [0.717, 1.165) is 10.9 Å². The van der Waals surface area contributed by atoms with Crippen molar-refractivity contribution in [2.24, 2.45) is 0 Å². The SMILES string of the molecule is Brc1ccc2cc1C2.COc1ccc2ccccc2n1. The van der Waals surface area contributed by atoms with E-state index >= 15 is 0 Å². The average Bonchev–Trinajstić information content (AvgIpc) is 2.46. The summed E-state index contributed by atoms with van der Waals surface area (Å²) in [6.45, 7) is 0. The maximum atomic E-state index is 5.01. The second-order valence-electron chi connectivity index (χ2n) is 4.65. The van der Waals surface area contributed by atoms with Gasteiger partial charge in [-0.2, -0.15) is 0 Å². The first kappa shape index (κ1) is 13.1. The van der Waals surface area contributed by atoms with Crippen LogP contribution in [0.4, 0.5) is 0 Å². The molecule has 2 aromatic carbocycles. The largest absolute Gasteiger partial charge is 0.481 e. The van der Waals surface area contributed by atoms with E-state index in [1.54, 1.807) is 7.11 Å². The lowest BCUT2D eigenvalue weighted by Crippen LogP contribution is -2.00. The number of fused-ring (bicyclic) bond motifs is 3. The first-order valence-electron chi connectivity index (χ1n) is 6.43. The number of halogens is 1. The van der Waals surface area contributed by atoms with Gasteiger partial charge in [-0.05, 0) is 35.7 Å². The van der Waals surface area contributed by atoms with E-state index in [9.17, 15) is 0 Å². The fraction of sp³-hybridized carbons (Fsp3) is 0.118. The van der Waals surface area contributed by atoms with Crippen molar-refractivity contribution in [3.05, 3.63) is 70.2 Å². The van der Waals surface area contributed by atoms with E-state index in [1.807, 2.05) is 36.4 Å². The molecule has 0 fully saturated rings. The Hall–Kier alpha value is -1.87. The van der Waals surface area contributed by atoms with Crippen LogP contribution < -0.4 is 4.74 Å². The molecule has 0 amide bonds. The quantitative estimate of drug-likeness (QED) is 0.510. The highest BCUT2D eigenvalue weighted by Crippen LogP contribution is 2.28. The van der Waals surface area contributed by atoms with E-state index in [-0.39, 0.29) is 0 Å². The van der Waals surface area contributed by atoms with E-state index in [2.05, 4.69) is 39.1 Å². The molecule has 1 aromatic heterocycles. The van der Waals surface area contributed by atoms with Crippen LogP contribution in [0, 0.1) is 0 Å². The van der Waals surface area contributed by atoms with Crippen LogP contribution in [0.1, 0.15) is 11.1 Å². The average molecular weight is 328 g/mol. The lowest BCUT2D eigenvalue weighted by atomic mass is 9.94. The number of aromatic nitrogens is 1. The lowest BCUT2D eigenvalue weighted by Gasteiger charge is -2.15. The molecule has 100 valence electrons. The molecule has 0 radical (unpaired) electrons. The highest BCUT2D eigenvalue weighted by atomic mass is 79.9. The molecule has 0 saturated carbocycles. The zero-order valence-electron chi connectivity index (χ0n) is 11.1. The van der Waals surface area contributed by atoms with Crippen LogP contribution in [0.25, 0.3) is 10.9 Å². The molecule has 20 heavy (non-hydrogen) atoms. The van der Waals surface area contributed by atoms with Gasteiger partial charge in [0, 0.05) is 15.9 Å². The molecule has 0 saturated heterocycles. The maximum Gasteiger partial charge on any atom is 0.213 e. The van der Waals surface area contributed by atoms with Gasteiger partial charge in [-0.15, -0.1) is 0 Å². The van der Waals surface area contributed by atoms with Crippen LogP contribution in [0.3, 0.4) is 0 Å². The zero-order chi connectivity index (χ0) is 13.9. The lowest BCUT2D eigenvalue weighted by molar-refractivity contribution is 0.399. The van der Waals surface area contributed by atoms with Gasteiger partial charge >= 0.3 is 0 Å². The molecule has 0 aliphatic heterocycles.